The highest BCUT2D eigenvalue weighted by molar-refractivity contribution is 5.58. The van der Waals surface area contributed by atoms with Gasteiger partial charge in [-0.3, -0.25) is 4.68 Å². The molecule has 0 aliphatic carbocycles. The number of aliphatic hydroxyl groups is 1. The van der Waals surface area contributed by atoms with Crippen molar-refractivity contribution in [3.63, 3.8) is 0 Å². The monoisotopic (exact) mass is 404 g/mol. The molecule has 1 N–H and O–H groups in total. The zero-order valence-electron chi connectivity index (χ0n) is 15.3. The van der Waals surface area contributed by atoms with Gasteiger partial charge in [0.05, 0.1) is 35.7 Å². The average molecular weight is 404 g/mol. The molecule has 3 aromatic rings. The third-order valence-corrected chi connectivity index (χ3v) is 4.76. The first kappa shape index (κ1) is 18.9. The summed E-state index contributed by atoms with van der Waals surface area (Å²) in [5.41, 5.74) is -1.82. The first-order valence-electron chi connectivity index (χ1n) is 8.61. The molecule has 4 heterocycles. The number of fused-ring (bicyclic) bond motifs is 3. The fourth-order valence-corrected chi connectivity index (χ4v) is 3.22. The number of nitriles is 1. The van der Waals surface area contributed by atoms with Crippen molar-refractivity contribution in [2.45, 2.75) is 38.2 Å². The van der Waals surface area contributed by atoms with Gasteiger partial charge in [0.2, 0.25) is 17.4 Å². The highest BCUT2D eigenvalue weighted by Crippen LogP contribution is 2.42. The number of ether oxygens (including phenoxy) is 1. The van der Waals surface area contributed by atoms with Crippen molar-refractivity contribution < 1.29 is 23.0 Å². The van der Waals surface area contributed by atoms with Gasteiger partial charge in [0.15, 0.2) is 5.82 Å². The number of alkyl halides is 3. The topological polar surface area (TPSA) is 102 Å². The Morgan fingerprint density at radius 2 is 1.97 bits per heavy atom. The molecule has 0 bridgehead atoms. The molecule has 2 atom stereocenters. The van der Waals surface area contributed by atoms with Crippen LogP contribution in [-0.4, -0.2) is 35.6 Å². The van der Waals surface area contributed by atoms with Crippen molar-refractivity contribution in [1.29, 1.82) is 5.26 Å². The van der Waals surface area contributed by atoms with E-state index < -0.39 is 23.6 Å². The fourth-order valence-electron chi connectivity index (χ4n) is 3.22. The van der Waals surface area contributed by atoms with Crippen molar-refractivity contribution in [3.05, 3.63) is 42.0 Å². The molecule has 0 saturated heterocycles. The second-order valence-corrected chi connectivity index (χ2v) is 6.90. The van der Waals surface area contributed by atoms with E-state index in [-0.39, 0.29) is 18.3 Å². The van der Waals surface area contributed by atoms with Crippen LogP contribution in [0.2, 0.25) is 0 Å². The van der Waals surface area contributed by atoms with Crippen LogP contribution in [0.1, 0.15) is 31.3 Å². The maximum Gasteiger partial charge on any atom is 0.424 e. The molecular weight excluding hydrogens is 389 g/mol. The predicted molar refractivity (Wildman–Crippen MR) is 92.8 cm³/mol. The van der Waals surface area contributed by atoms with Crippen LogP contribution in [0.25, 0.3) is 11.4 Å². The molecule has 11 heteroatoms. The second kappa shape index (κ2) is 6.31. The number of pyridine rings is 1. The third-order valence-electron chi connectivity index (χ3n) is 4.76. The molecule has 1 aliphatic rings. The molecule has 29 heavy (non-hydrogen) atoms. The summed E-state index contributed by atoms with van der Waals surface area (Å²) in [6, 6.07) is 6.14. The molecular formula is C18H15F3N6O2. The van der Waals surface area contributed by atoms with E-state index >= 15 is 0 Å². The summed E-state index contributed by atoms with van der Waals surface area (Å²) >= 11 is 0. The second-order valence-electron chi connectivity index (χ2n) is 6.90. The Morgan fingerprint density at radius 1 is 1.21 bits per heavy atom. The van der Waals surface area contributed by atoms with E-state index in [4.69, 9.17) is 10.00 Å². The van der Waals surface area contributed by atoms with E-state index in [1.807, 2.05) is 6.07 Å². The van der Waals surface area contributed by atoms with Crippen LogP contribution in [0.15, 0.2) is 30.6 Å². The Balaban J connectivity index is 1.71. The van der Waals surface area contributed by atoms with Gasteiger partial charge in [-0.1, -0.05) is 0 Å². The summed E-state index contributed by atoms with van der Waals surface area (Å²) in [6.07, 6.45) is -2.24. The summed E-state index contributed by atoms with van der Waals surface area (Å²) in [4.78, 5) is 7.87. The molecule has 0 saturated carbocycles. The van der Waals surface area contributed by atoms with E-state index in [2.05, 4.69) is 15.1 Å². The van der Waals surface area contributed by atoms with Gasteiger partial charge in [0.25, 0.3) is 0 Å². The van der Waals surface area contributed by atoms with Gasteiger partial charge in [-0.2, -0.15) is 18.4 Å². The standard InChI is InChI=1S/C18H15F3N6O2/c1-10-9-26-12(5-15(25-26)29-14-4-3-11(6-22)7-23-14)13-8-24-16(27(10)13)17(2,28)18(19,20)21/h3-5,7-8,10,28H,9H2,1-2H3/t10-,17?/m0/s1. The lowest BCUT2D eigenvalue weighted by atomic mass is 10.0. The Morgan fingerprint density at radius 3 is 2.59 bits per heavy atom. The Kier molecular flexibility index (Phi) is 4.13. The van der Waals surface area contributed by atoms with Crippen LogP contribution in [0, 0.1) is 11.3 Å². The normalized spacial score (nSPS) is 17.8. The van der Waals surface area contributed by atoms with Gasteiger partial charge < -0.3 is 14.4 Å². The smallest absolute Gasteiger partial charge is 0.419 e. The summed E-state index contributed by atoms with van der Waals surface area (Å²) in [5.74, 6) is -0.0546. The number of nitrogens with zero attached hydrogens (tertiary/aromatic N) is 6. The molecule has 0 spiro atoms. The Bertz CT molecular complexity index is 1110. The van der Waals surface area contributed by atoms with Gasteiger partial charge in [0, 0.05) is 18.3 Å². The quantitative estimate of drug-likeness (QED) is 0.720. The van der Waals surface area contributed by atoms with E-state index in [9.17, 15) is 18.3 Å². The molecule has 0 fully saturated rings. The summed E-state index contributed by atoms with van der Waals surface area (Å²) in [5, 5.41) is 23.2. The van der Waals surface area contributed by atoms with Gasteiger partial charge in [0.1, 0.15) is 6.07 Å². The number of rotatable bonds is 3. The van der Waals surface area contributed by atoms with Crippen LogP contribution in [0.4, 0.5) is 13.2 Å². The highest BCUT2D eigenvalue weighted by atomic mass is 19.4. The Labute approximate surface area is 162 Å². The highest BCUT2D eigenvalue weighted by Gasteiger charge is 2.55. The Hall–Kier alpha value is -3.39. The predicted octanol–water partition coefficient (Wildman–Crippen LogP) is 3.15. The average Bonchev–Trinajstić information content (AvgIpc) is 3.26. The molecule has 1 unspecified atom stereocenters. The molecule has 0 aromatic carbocycles. The van der Waals surface area contributed by atoms with Gasteiger partial charge in [-0.25, -0.2) is 9.97 Å². The molecule has 8 nitrogen and oxygen atoms in total. The van der Waals surface area contributed by atoms with Crippen molar-refractivity contribution in [3.8, 4) is 29.2 Å². The number of imidazole rings is 1. The van der Waals surface area contributed by atoms with Crippen LogP contribution in [-0.2, 0) is 12.1 Å². The molecule has 3 aromatic heterocycles. The summed E-state index contributed by atoms with van der Waals surface area (Å²) in [6.45, 7) is 2.67. The maximum absolute atomic E-state index is 13.3. The van der Waals surface area contributed by atoms with Gasteiger partial charge in [-0.05, 0) is 19.9 Å². The lowest BCUT2D eigenvalue weighted by molar-refractivity contribution is -0.262. The minimum atomic E-state index is -4.87. The van der Waals surface area contributed by atoms with Gasteiger partial charge in [-0.15, -0.1) is 5.10 Å². The number of aromatic nitrogens is 5. The number of hydrogen-bond acceptors (Lipinski definition) is 6. The lowest BCUT2D eigenvalue weighted by Gasteiger charge is -2.31. The summed E-state index contributed by atoms with van der Waals surface area (Å²) in [7, 11) is 0. The first-order chi connectivity index (χ1) is 13.6. The van der Waals surface area contributed by atoms with E-state index in [0.717, 1.165) is 0 Å². The number of hydrogen-bond donors (Lipinski definition) is 1. The molecule has 0 amide bonds. The summed E-state index contributed by atoms with van der Waals surface area (Å²) < 4.78 is 48.5. The largest absolute Gasteiger partial charge is 0.424 e. The number of halogens is 3. The lowest BCUT2D eigenvalue weighted by Crippen LogP contribution is -2.42. The third kappa shape index (κ3) is 3.01. The van der Waals surface area contributed by atoms with Crippen molar-refractivity contribution >= 4 is 0 Å². The molecule has 150 valence electrons. The maximum atomic E-state index is 13.3. The van der Waals surface area contributed by atoms with Crippen LogP contribution < -0.4 is 4.74 Å². The molecule has 4 rings (SSSR count). The SMILES string of the molecule is C[C@H]1Cn2nc(Oc3ccc(C#N)cn3)cc2-c2cnc(C(C)(O)C(F)(F)F)n21. The van der Waals surface area contributed by atoms with Crippen molar-refractivity contribution in [2.75, 3.05) is 0 Å². The molecule has 0 radical (unpaired) electrons. The minimum absolute atomic E-state index is 0.197. The zero-order valence-corrected chi connectivity index (χ0v) is 15.3. The fraction of sp³-hybridized carbons (Fsp3) is 0.333. The van der Waals surface area contributed by atoms with Crippen LogP contribution >= 0.6 is 0 Å². The van der Waals surface area contributed by atoms with Crippen molar-refractivity contribution in [1.82, 2.24) is 24.3 Å². The molecule has 1 aliphatic heterocycles. The van der Waals surface area contributed by atoms with E-state index in [0.29, 0.717) is 23.9 Å². The van der Waals surface area contributed by atoms with Crippen molar-refractivity contribution in [2.24, 2.45) is 0 Å². The van der Waals surface area contributed by atoms with E-state index in [1.165, 1.54) is 23.0 Å². The van der Waals surface area contributed by atoms with Gasteiger partial charge >= 0.3 is 6.18 Å². The first-order valence-corrected chi connectivity index (χ1v) is 8.61. The van der Waals surface area contributed by atoms with Crippen LogP contribution in [0.5, 0.6) is 11.8 Å². The van der Waals surface area contributed by atoms with E-state index in [1.54, 1.807) is 23.7 Å². The zero-order chi connectivity index (χ0) is 21.0. The minimum Gasteiger partial charge on any atom is -0.419 e. The van der Waals surface area contributed by atoms with Crippen LogP contribution in [0.3, 0.4) is 0 Å².